The molecular formula is C12H16N4O. The summed E-state index contributed by atoms with van der Waals surface area (Å²) in [5.41, 5.74) is 7.34. The number of nitrogen functional groups attached to an aromatic ring is 1. The molecule has 0 aromatic carbocycles. The van der Waals surface area contributed by atoms with E-state index < -0.39 is 0 Å². The summed E-state index contributed by atoms with van der Waals surface area (Å²) in [4.78, 5) is 0. The topological polar surface area (TPSA) is 65.4 Å². The van der Waals surface area contributed by atoms with Gasteiger partial charge in [0.1, 0.15) is 5.82 Å². The summed E-state index contributed by atoms with van der Waals surface area (Å²) in [5, 5.41) is 8.34. The van der Waals surface area contributed by atoms with Gasteiger partial charge in [-0.1, -0.05) is 0 Å². The highest BCUT2D eigenvalue weighted by Crippen LogP contribution is 2.17. The second-order valence-electron chi connectivity index (χ2n) is 4.50. The number of ether oxygens (including phenoxy) is 1. The van der Waals surface area contributed by atoms with Crippen LogP contribution in [0, 0.1) is 0 Å². The Hall–Kier alpha value is -1.62. The highest BCUT2D eigenvalue weighted by Gasteiger charge is 2.17. The fraction of sp³-hybridized carbons (Fsp3) is 0.500. The third-order valence-electron chi connectivity index (χ3n) is 3.18. The number of anilines is 1. The van der Waals surface area contributed by atoms with Crippen molar-refractivity contribution in [2.24, 2.45) is 0 Å². The van der Waals surface area contributed by atoms with Gasteiger partial charge in [-0.25, -0.2) is 0 Å². The molecule has 1 saturated heterocycles. The molecule has 0 amide bonds. The second-order valence-corrected chi connectivity index (χ2v) is 4.50. The number of nitrogens with zero attached hydrogens (tertiary/aromatic N) is 3. The van der Waals surface area contributed by atoms with Gasteiger partial charge in [0, 0.05) is 24.9 Å². The molecule has 0 saturated carbocycles. The summed E-state index contributed by atoms with van der Waals surface area (Å²) in [5.74, 6) is 0.930. The van der Waals surface area contributed by atoms with Gasteiger partial charge < -0.3 is 10.5 Å². The summed E-state index contributed by atoms with van der Waals surface area (Å²) in [7, 11) is 0. The van der Waals surface area contributed by atoms with Crippen molar-refractivity contribution in [2.45, 2.75) is 31.8 Å². The molecule has 3 heterocycles. The molecule has 2 N–H and O–H groups in total. The predicted octanol–water partition coefficient (Wildman–Crippen LogP) is 1.42. The molecule has 1 atom stereocenters. The zero-order valence-electron chi connectivity index (χ0n) is 9.67. The quantitative estimate of drug-likeness (QED) is 0.850. The van der Waals surface area contributed by atoms with Crippen LogP contribution in [0.4, 0.5) is 5.69 Å². The standard InChI is InChI=1S/C12H16N4O/c13-9-4-5-11-14-15-12(16(11)8-9)7-10-3-1-2-6-17-10/h4-5,8,10H,1-3,6-7,13H2. The molecule has 0 bridgehead atoms. The highest BCUT2D eigenvalue weighted by atomic mass is 16.5. The maximum Gasteiger partial charge on any atom is 0.160 e. The Balaban J connectivity index is 1.86. The first-order valence-electron chi connectivity index (χ1n) is 6.04. The number of pyridine rings is 1. The Bertz CT molecular complexity index is 516. The Morgan fingerprint density at radius 2 is 2.29 bits per heavy atom. The van der Waals surface area contributed by atoms with E-state index in [1.807, 2.05) is 22.7 Å². The largest absolute Gasteiger partial charge is 0.398 e. The number of aromatic nitrogens is 3. The molecule has 2 aromatic heterocycles. The lowest BCUT2D eigenvalue weighted by Gasteiger charge is -2.21. The van der Waals surface area contributed by atoms with E-state index in [1.54, 1.807) is 0 Å². The van der Waals surface area contributed by atoms with Crippen LogP contribution in [-0.2, 0) is 11.2 Å². The molecule has 0 aliphatic carbocycles. The van der Waals surface area contributed by atoms with E-state index in [9.17, 15) is 0 Å². The van der Waals surface area contributed by atoms with Crippen LogP contribution in [0.25, 0.3) is 5.65 Å². The molecule has 3 rings (SSSR count). The van der Waals surface area contributed by atoms with Crippen molar-refractivity contribution in [3.05, 3.63) is 24.2 Å². The van der Waals surface area contributed by atoms with Crippen molar-refractivity contribution in [1.29, 1.82) is 0 Å². The van der Waals surface area contributed by atoms with Crippen LogP contribution in [0.1, 0.15) is 25.1 Å². The number of nitrogens with two attached hydrogens (primary N) is 1. The van der Waals surface area contributed by atoms with E-state index in [-0.39, 0.29) is 6.10 Å². The summed E-state index contributed by atoms with van der Waals surface area (Å²) in [6, 6.07) is 3.72. The van der Waals surface area contributed by atoms with Crippen molar-refractivity contribution >= 4 is 11.3 Å². The summed E-state index contributed by atoms with van der Waals surface area (Å²) >= 11 is 0. The zero-order chi connectivity index (χ0) is 11.7. The summed E-state index contributed by atoms with van der Waals surface area (Å²) in [6.07, 6.45) is 6.47. The van der Waals surface area contributed by atoms with Crippen molar-refractivity contribution in [2.75, 3.05) is 12.3 Å². The van der Waals surface area contributed by atoms with Gasteiger partial charge in [0.05, 0.1) is 6.10 Å². The van der Waals surface area contributed by atoms with Crippen LogP contribution < -0.4 is 5.73 Å². The molecule has 1 fully saturated rings. The molecule has 0 radical (unpaired) electrons. The fourth-order valence-electron chi connectivity index (χ4n) is 2.27. The zero-order valence-corrected chi connectivity index (χ0v) is 9.67. The monoisotopic (exact) mass is 232 g/mol. The third-order valence-corrected chi connectivity index (χ3v) is 3.18. The van der Waals surface area contributed by atoms with Crippen LogP contribution in [0.5, 0.6) is 0 Å². The second kappa shape index (κ2) is 4.33. The van der Waals surface area contributed by atoms with Gasteiger partial charge in [0.15, 0.2) is 5.65 Å². The van der Waals surface area contributed by atoms with E-state index in [2.05, 4.69) is 10.2 Å². The predicted molar refractivity (Wildman–Crippen MR) is 64.7 cm³/mol. The first-order chi connectivity index (χ1) is 8.33. The summed E-state index contributed by atoms with van der Waals surface area (Å²) < 4.78 is 7.67. The van der Waals surface area contributed by atoms with Crippen molar-refractivity contribution in [1.82, 2.24) is 14.6 Å². The lowest BCUT2D eigenvalue weighted by Crippen LogP contribution is -2.22. The number of hydrogen-bond donors (Lipinski definition) is 1. The van der Waals surface area contributed by atoms with Crippen molar-refractivity contribution in [3.8, 4) is 0 Å². The van der Waals surface area contributed by atoms with Crippen molar-refractivity contribution < 1.29 is 4.74 Å². The minimum atomic E-state index is 0.276. The SMILES string of the molecule is Nc1ccc2nnc(CC3CCCCO3)n2c1. The Kier molecular flexibility index (Phi) is 2.68. The van der Waals surface area contributed by atoms with Gasteiger partial charge >= 0.3 is 0 Å². The number of rotatable bonds is 2. The molecule has 1 aliphatic rings. The van der Waals surface area contributed by atoms with E-state index in [4.69, 9.17) is 10.5 Å². The molecule has 5 nitrogen and oxygen atoms in total. The molecule has 5 heteroatoms. The number of fused-ring (bicyclic) bond motifs is 1. The normalized spacial score (nSPS) is 20.8. The third kappa shape index (κ3) is 2.10. The van der Waals surface area contributed by atoms with E-state index in [1.165, 1.54) is 12.8 Å². The van der Waals surface area contributed by atoms with Gasteiger partial charge in [-0.15, -0.1) is 10.2 Å². The van der Waals surface area contributed by atoms with Crippen LogP contribution in [0.15, 0.2) is 18.3 Å². The van der Waals surface area contributed by atoms with Gasteiger partial charge in [0.2, 0.25) is 0 Å². The average Bonchev–Trinajstić information content (AvgIpc) is 2.73. The molecule has 1 unspecified atom stereocenters. The van der Waals surface area contributed by atoms with E-state index in [0.717, 1.165) is 36.6 Å². The molecule has 0 spiro atoms. The van der Waals surface area contributed by atoms with Gasteiger partial charge in [-0.2, -0.15) is 0 Å². The highest BCUT2D eigenvalue weighted by molar-refractivity contribution is 5.47. The summed E-state index contributed by atoms with van der Waals surface area (Å²) in [6.45, 7) is 0.865. The molecule has 2 aromatic rings. The van der Waals surface area contributed by atoms with Gasteiger partial charge in [0.25, 0.3) is 0 Å². The Morgan fingerprint density at radius 3 is 3.12 bits per heavy atom. The minimum Gasteiger partial charge on any atom is -0.398 e. The number of hydrogen-bond acceptors (Lipinski definition) is 4. The van der Waals surface area contributed by atoms with Crippen LogP contribution >= 0.6 is 0 Å². The molecular weight excluding hydrogens is 216 g/mol. The Labute approximate surface area is 99.6 Å². The maximum absolute atomic E-state index is 5.78. The van der Waals surface area contributed by atoms with Gasteiger partial charge in [-0.3, -0.25) is 4.40 Å². The molecule has 1 aliphatic heterocycles. The van der Waals surface area contributed by atoms with Crippen LogP contribution in [0.3, 0.4) is 0 Å². The van der Waals surface area contributed by atoms with Crippen LogP contribution in [-0.4, -0.2) is 27.3 Å². The Morgan fingerprint density at radius 1 is 1.35 bits per heavy atom. The molecule has 17 heavy (non-hydrogen) atoms. The average molecular weight is 232 g/mol. The van der Waals surface area contributed by atoms with Crippen LogP contribution in [0.2, 0.25) is 0 Å². The maximum atomic E-state index is 5.78. The van der Waals surface area contributed by atoms with E-state index in [0.29, 0.717) is 0 Å². The first-order valence-corrected chi connectivity index (χ1v) is 6.04. The van der Waals surface area contributed by atoms with E-state index >= 15 is 0 Å². The first kappa shape index (κ1) is 10.5. The smallest absolute Gasteiger partial charge is 0.160 e. The molecule has 90 valence electrons. The lowest BCUT2D eigenvalue weighted by molar-refractivity contribution is 0.0155. The minimum absolute atomic E-state index is 0.276. The van der Waals surface area contributed by atoms with Gasteiger partial charge in [-0.05, 0) is 31.4 Å². The lowest BCUT2D eigenvalue weighted by atomic mass is 10.1. The fourth-order valence-corrected chi connectivity index (χ4v) is 2.27. The van der Waals surface area contributed by atoms with Crippen molar-refractivity contribution in [3.63, 3.8) is 0 Å².